The molecule has 8 nitrogen and oxygen atoms in total. The highest BCUT2D eigenvalue weighted by Gasteiger charge is 2.11. The van der Waals surface area contributed by atoms with Crippen LogP contribution in [0.1, 0.15) is 27.6 Å². The van der Waals surface area contributed by atoms with Crippen molar-refractivity contribution in [1.82, 2.24) is 9.66 Å². The number of rotatable bonds is 6. The molecule has 26 heavy (non-hydrogen) atoms. The van der Waals surface area contributed by atoms with Crippen molar-refractivity contribution in [3.05, 3.63) is 65.4 Å². The molecule has 0 bridgehead atoms. The van der Waals surface area contributed by atoms with E-state index >= 15 is 0 Å². The van der Waals surface area contributed by atoms with Crippen LogP contribution in [0.5, 0.6) is 5.75 Å². The van der Waals surface area contributed by atoms with Gasteiger partial charge in [-0.1, -0.05) is 12.1 Å². The van der Waals surface area contributed by atoms with E-state index in [1.54, 1.807) is 24.5 Å². The Morgan fingerprint density at radius 2 is 2.23 bits per heavy atom. The van der Waals surface area contributed by atoms with Crippen LogP contribution >= 0.6 is 0 Å². The van der Waals surface area contributed by atoms with Gasteiger partial charge in [0.05, 0.1) is 25.2 Å². The Morgan fingerprint density at radius 3 is 2.96 bits per heavy atom. The Bertz CT molecular complexity index is 942. The minimum absolute atomic E-state index is 0.139. The summed E-state index contributed by atoms with van der Waals surface area (Å²) in [5.41, 5.74) is 7.38. The molecule has 2 aromatic heterocycles. The summed E-state index contributed by atoms with van der Waals surface area (Å²) in [4.78, 5) is 15.5. The van der Waals surface area contributed by atoms with E-state index in [2.05, 4.69) is 14.8 Å². The molecule has 0 amide bonds. The predicted octanol–water partition coefficient (Wildman–Crippen LogP) is 2.61. The number of benzene rings is 1. The van der Waals surface area contributed by atoms with Gasteiger partial charge in [0.2, 0.25) is 11.7 Å². The van der Waals surface area contributed by atoms with Crippen molar-refractivity contribution in [1.29, 1.82) is 0 Å². The molecule has 0 fully saturated rings. The minimum Gasteiger partial charge on any atom is -0.486 e. The number of esters is 1. The lowest BCUT2D eigenvalue weighted by molar-refractivity contribution is 0.0561. The summed E-state index contributed by atoms with van der Waals surface area (Å²) in [5, 5.41) is 4.27. The number of aromatic nitrogens is 2. The standard InChI is InChI=1S/C18H18N4O4/c1-12-10-22(18(19)21-12)20-9-13-4-3-5-14(8-13)25-11-15-6-7-16(26-15)17(23)24-2/h3-10H,11H2,1-2H3,(H2,19,21). The van der Waals surface area contributed by atoms with E-state index in [0.717, 1.165) is 11.3 Å². The van der Waals surface area contributed by atoms with Gasteiger partial charge in [0.15, 0.2) is 0 Å². The molecule has 8 heteroatoms. The molecule has 0 unspecified atom stereocenters. The van der Waals surface area contributed by atoms with Gasteiger partial charge >= 0.3 is 5.97 Å². The number of methoxy groups -OCH3 is 1. The summed E-state index contributed by atoms with van der Waals surface area (Å²) < 4.78 is 17.1. The normalized spacial score (nSPS) is 11.0. The molecular weight excluding hydrogens is 336 g/mol. The van der Waals surface area contributed by atoms with Crippen molar-refractivity contribution in [2.24, 2.45) is 5.10 Å². The maximum Gasteiger partial charge on any atom is 0.373 e. The van der Waals surface area contributed by atoms with E-state index in [1.165, 1.54) is 11.8 Å². The number of aryl methyl sites for hydroxylation is 1. The summed E-state index contributed by atoms with van der Waals surface area (Å²) in [6.45, 7) is 2.03. The lowest BCUT2D eigenvalue weighted by Gasteiger charge is -2.05. The Balaban J connectivity index is 1.65. The van der Waals surface area contributed by atoms with E-state index in [-0.39, 0.29) is 12.4 Å². The van der Waals surface area contributed by atoms with E-state index < -0.39 is 5.97 Å². The van der Waals surface area contributed by atoms with Crippen molar-refractivity contribution >= 4 is 18.1 Å². The number of imidazole rings is 1. The number of hydrogen-bond donors (Lipinski definition) is 1. The van der Waals surface area contributed by atoms with Crippen molar-refractivity contribution in [3.63, 3.8) is 0 Å². The van der Waals surface area contributed by atoms with Crippen LogP contribution < -0.4 is 10.5 Å². The number of furan rings is 1. The molecule has 134 valence electrons. The number of nitrogen functional groups attached to an aromatic ring is 1. The number of ether oxygens (including phenoxy) is 2. The number of carbonyl (C=O) groups excluding carboxylic acids is 1. The van der Waals surface area contributed by atoms with E-state index in [4.69, 9.17) is 14.9 Å². The first kappa shape index (κ1) is 17.3. The van der Waals surface area contributed by atoms with Gasteiger partial charge in [-0.15, -0.1) is 0 Å². The Labute approximate surface area is 149 Å². The number of nitrogens with zero attached hydrogens (tertiary/aromatic N) is 3. The van der Waals surface area contributed by atoms with Crippen LogP contribution in [-0.4, -0.2) is 29.0 Å². The third-order valence-corrected chi connectivity index (χ3v) is 3.45. The number of anilines is 1. The molecule has 0 aliphatic heterocycles. The summed E-state index contributed by atoms with van der Waals surface area (Å²) in [6.07, 6.45) is 3.40. The van der Waals surface area contributed by atoms with Crippen LogP contribution in [0.4, 0.5) is 5.95 Å². The second kappa shape index (κ2) is 7.56. The molecular formula is C18H18N4O4. The quantitative estimate of drug-likeness (QED) is 0.539. The van der Waals surface area contributed by atoms with Crippen LogP contribution in [0.3, 0.4) is 0 Å². The van der Waals surface area contributed by atoms with Gasteiger partial charge in [-0.3, -0.25) is 0 Å². The monoisotopic (exact) mass is 354 g/mol. The molecule has 0 atom stereocenters. The van der Waals surface area contributed by atoms with Gasteiger partial charge < -0.3 is 19.6 Å². The summed E-state index contributed by atoms with van der Waals surface area (Å²) in [6, 6.07) is 10.6. The van der Waals surface area contributed by atoms with Gasteiger partial charge in [0.25, 0.3) is 0 Å². The van der Waals surface area contributed by atoms with E-state index in [1.807, 2.05) is 31.2 Å². The fourth-order valence-electron chi connectivity index (χ4n) is 2.23. The maximum absolute atomic E-state index is 11.4. The number of carbonyl (C=O) groups is 1. The zero-order valence-corrected chi connectivity index (χ0v) is 14.4. The van der Waals surface area contributed by atoms with Gasteiger partial charge in [-0.05, 0) is 36.8 Å². The fourth-order valence-corrected chi connectivity index (χ4v) is 2.23. The smallest absolute Gasteiger partial charge is 0.373 e. The second-order valence-corrected chi connectivity index (χ2v) is 5.45. The average molecular weight is 354 g/mol. The third-order valence-electron chi connectivity index (χ3n) is 3.45. The highest BCUT2D eigenvalue weighted by molar-refractivity contribution is 5.86. The Morgan fingerprint density at radius 1 is 1.38 bits per heavy atom. The lowest BCUT2D eigenvalue weighted by atomic mass is 10.2. The first-order valence-corrected chi connectivity index (χ1v) is 7.81. The Hall–Kier alpha value is -3.55. The maximum atomic E-state index is 11.4. The van der Waals surface area contributed by atoms with Gasteiger partial charge in [-0.2, -0.15) is 5.10 Å². The summed E-state index contributed by atoms with van der Waals surface area (Å²) in [5.74, 6) is 1.10. The molecule has 2 heterocycles. The molecule has 0 spiro atoms. The minimum atomic E-state index is -0.525. The second-order valence-electron chi connectivity index (χ2n) is 5.45. The van der Waals surface area contributed by atoms with Crippen LogP contribution in [-0.2, 0) is 11.3 Å². The van der Waals surface area contributed by atoms with Gasteiger partial charge in [0, 0.05) is 0 Å². The zero-order chi connectivity index (χ0) is 18.5. The highest BCUT2D eigenvalue weighted by atomic mass is 16.5. The van der Waals surface area contributed by atoms with E-state index in [0.29, 0.717) is 17.5 Å². The highest BCUT2D eigenvalue weighted by Crippen LogP contribution is 2.16. The summed E-state index contributed by atoms with van der Waals surface area (Å²) >= 11 is 0. The van der Waals surface area contributed by atoms with Crippen LogP contribution in [0.25, 0.3) is 0 Å². The average Bonchev–Trinajstić information content (AvgIpc) is 3.24. The van der Waals surface area contributed by atoms with Crippen molar-refractivity contribution in [2.75, 3.05) is 12.8 Å². The van der Waals surface area contributed by atoms with Crippen LogP contribution in [0, 0.1) is 6.92 Å². The first-order chi connectivity index (χ1) is 12.5. The molecule has 1 aromatic carbocycles. The Kier molecular flexibility index (Phi) is 5.02. The molecule has 3 rings (SSSR count). The van der Waals surface area contributed by atoms with Gasteiger partial charge in [-0.25, -0.2) is 14.5 Å². The molecule has 0 aliphatic carbocycles. The molecule has 0 aliphatic rings. The zero-order valence-electron chi connectivity index (χ0n) is 14.4. The van der Waals surface area contributed by atoms with Crippen molar-refractivity contribution in [3.8, 4) is 5.75 Å². The summed E-state index contributed by atoms with van der Waals surface area (Å²) in [7, 11) is 1.30. The topological polar surface area (TPSA) is 105 Å². The van der Waals surface area contributed by atoms with Gasteiger partial charge in [0.1, 0.15) is 18.1 Å². The van der Waals surface area contributed by atoms with E-state index in [9.17, 15) is 4.79 Å². The third kappa shape index (κ3) is 4.10. The van der Waals surface area contributed by atoms with Crippen molar-refractivity contribution in [2.45, 2.75) is 13.5 Å². The van der Waals surface area contributed by atoms with Crippen LogP contribution in [0.2, 0.25) is 0 Å². The molecule has 0 saturated carbocycles. The first-order valence-electron chi connectivity index (χ1n) is 7.81. The van der Waals surface area contributed by atoms with Crippen molar-refractivity contribution < 1.29 is 18.7 Å². The predicted molar refractivity (Wildman–Crippen MR) is 95.2 cm³/mol. The fraction of sp³-hybridized carbons (Fsp3) is 0.167. The van der Waals surface area contributed by atoms with Crippen LogP contribution in [0.15, 0.2) is 52.1 Å². The molecule has 3 aromatic rings. The largest absolute Gasteiger partial charge is 0.486 e. The number of hydrogen-bond acceptors (Lipinski definition) is 7. The molecule has 0 radical (unpaired) electrons. The molecule has 0 saturated heterocycles. The SMILES string of the molecule is COC(=O)c1ccc(COc2cccc(C=Nn3cc(C)nc3N)c2)o1. The number of nitrogens with two attached hydrogens (primary N) is 1. The molecule has 2 N–H and O–H groups in total. The lowest BCUT2D eigenvalue weighted by Crippen LogP contribution is -1.99.